The smallest absolute Gasteiger partial charge is 0.254 e. The topological polar surface area (TPSA) is 105 Å². The molecule has 8 nitrogen and oxygen atoms in total. The van der Waals surface area contributed by atoms with Gasteiger partial charge in [-0.2, -0.15) is 0 Å². The molecule has 0 saturated carbocycles. The van der Waals surface area contributed by atoms with E-state index in [0.29, 0.717) is 22.0 Å². The molecule has 2 amide bonds. The van der Waals surface area contributed by atoms with Crippen molar-refractivity contribution in [1.82, 2.24) is 20.4 Å². The van der Waals surface area contributed by atoms with Crippen LogP contribution in [0.1, 0.15) is 33.9 Å². The van der Waals surface area contributed by atoms with Gasteiger partial charge in [0.1, 0.15) is 33.7 Å². The summed E-state index contributed by atoms with van der Waals surface area (Å²) in [5.74, 6) is -0.491. The van der Waals surface area contributed by atoms with Gasteiger partial charge in [0.25, 0.3) is 11.8 Å². The quantitative estimate of drug-likeness (QED) is 0.225. The Labute approximate surface area is 250 Å². The van der Waals surface area contributed by atoms with Crippen molar-refractivity contribution in [1.29, 1.82) is 0 Å². The number of aromatic nitrogens is 2. The van der Waals surface area contributed by atoms with Crippen molar-refractivity contribution in [2.75, 3.05) is 5.75 Å². The van der Waals surface area contributed by atoms with E-state index in [1.807, 2.05) is 60.7 Å². The molecule has 41 heavy (non-hydrogen) atoms. The molecule has 1 aromatic heterocycles. The lowest BCUT2D eigenvalue weighted by Crippen LogP contribution is -2.70. The van der Waals surface area contributed by atoms with Crippen LogP contribution < -0.4 is 5.32 Å². The summed E-state index contributed by atoms with van der Waals surface area (Å²) in [6.07, 6.45) is -1.89. The molecule has 2 aliphatic heterocycles. The second-order valence-corrected chi connectivity index (χ2v) is 11.7. The number of amides is 2. The number of hydrogen-bond donors (Lipinski definition) is 2. The predicted molar refractivity (Wildman–Crippen MR) is 162 cm³/mol. The highest BCUT2D eigenvalue weighted by molar-refractivity contribution is 8.00. The highest BCUT2D eigenvalue weighted by atomic mass is 32.2. The maximum atomic E-state index is 13.6. The van der Waals surface area contributed by atoms with Crippen molar-refractivity contribution < 1.29 is 19.4 Å². The molecule has 3 atom stereocenters. The van der Waals surface area contributed by atoms with Crippen molar-refractivity contribution >= 4 is 57.8 Å². The number of fused-ring (bicyclic) bond motifs is 1. The number of β-lactam (4-membered cyclic amide) rings is 1. The lowest BCUT2D eigenvalue weighted by atomic mass is 10.0. The highest BCUT2D eigenvalue weighted by Gasteiger charge is 2.54. The van der Waals surface area contributed by atoms with Gasteiger partial charge >= 0.3 is 0 Å². The summed E-state index contributed by atoms with van der Waals surface area (Å²) in [5, 5.41) is 21.9. The minimum atomic E-state index is -1.39. The summed E-state index contributed by atoms with van der Waals surface area (Å²) < 4.78 is 6.50. The number of thiocarbonyl (C=S) groups is 1. The molecule has 6 rings (SSSR count). The van der Waals surface area contributed by atoms with Crippen LogP contribution in [0.5, 0.6) is 0 Å². The number of carbonyl (C=O) groups is 2. The van der Waals surface area contributed by atoms with E-state index < -0.39 is 29.5 Å². The number of ether oxygens (including phenoxy) is 1. The van der Waals surface area contributed by atoms with Crippen LogP contribution in [0.3, 0.4) is 0 Å². The van der Waals surface area contributed by atoms with Gasteiger partial charge in [-0.15, -0.1) is 33.3 Å². The molecule has 0 bridgehead atoms. The fourth-order valence-electron chi connectivity index (χ4n) is 4.84. The summed E-state index contributed by atoms with van der Waals surface area (Å²) >= 11 is 8.74. The van der Waals surface area contributed by atoms with E-state index in [0.717, 1.165) is 16.7 Å². The average molecular weight is 601 g/mol. The van der Waals surface area contributed by atoms with Gasteiger partial charge in [-0.05, 0) is 28.9 Å². The zero-order chi connectivity index (χ0) is 28.3. The molecule has 3 aromatic carbocycles. The third-order valence-corrected chi connectivity index (χ3v) is 9.19. The first-order valence-electron chi connectivity index (χ1n) is 12.8. The lowest BCUT2D eigenvalue weighted by molar-refractivity contribution is -0.147. The van der Waals surface area contributed by atoms with Crippen molar-refractivity contribution in [2.45, 2.75) is 23.6 Å². The van der Waals surface area contributed by atoms with E-state index in [1.165, 1.54) is 23.1 Å². The molecule has 1 fully saturated rings. The van der Waals surface area contributed by atoms with Gasteiger partial charge in [0.05, 0.1) is 0 Å². The molecule has 0 radical (unpaired) electrons. The Morgan fingerprint density at radius 2 is 1.56 bits per heavy atom. The zero-order valence-corrected chi connectivity index (χ0v) is 23.9. The van der Waals surface area contributed by atoms with Gasteiger partial charge in [-0.1, -0.05) is 91.0 Å². The van der Waals surface area contributed by atoms with Gasteiger partial charge < -0.3 is 15.2 Å². The van der Waals surface area contributed by atoms with Crippen LogP contribution in [0, 0.1) is 0 Å². The second-order valence-electron chi connectivity index (χ2n) is 9.39. The highest BCUT2D eigenvalue weighted by Crippen LogP contribution is 2.45. The molecular formula is C30H24N4O4S3. The number of benzene rings is 3. The summed E-state index contributed by atoms with van der Waals surface area (Å²) in [4.78, 5) is 28.0. The number of aliphatic hydroxyl groups excluding tert-OH is 1. The molecule has 0 aliphatic carbocycles. The molecule has 3 heterocycles. The van der Waals surface area contributed by atoms with Crippen LogP contribution in [0.4, 0.5) is 0 Å². The Hall–Kier alpha value is -3.90. The summed E-state index contributed by atoms with van der Waals surface area (Å²) in [7, 11) is 0. The Bertz CT molecular complexity index is 1540. The largest absolute Gasteiger partial charge is 0.469 e. The van der Waals surface area contributed by atoms with Crippen LogP contribution in [0.25, 0.3) is 5.57 Å². The Morgan fingerprint density at radius 3 is 2.12 bits per heavy atom. The van der Waals surface area contributed by atoms with Crippen LogP contribution in [0.2, 0.25) is 0 Å². The van der Waals surface area contributed by atoms with Gasteiger partial charge in [-0.3, -0.25) is 14.5 Å². The fraction of sp³-hybridized carbons (Fsp3) is 0.167. The third kappa shape index (κ3) is 5.41. The Balaban J connectivity index is 1.29. The van der Waals surface area contributed by atoms with Crippen LogP contribution in [0.15, 0.2) is 102 Å². The minimum Gasteiger partial charge on any atom is -0.469 e. The predicted octanol–water partition coefficient (Wildman–Crippen LogP) is 4.52. The number of thioether (sulfide) groups is 1. The van der Waals surface area contributed by atoms with E-state index in [4.69, 9.17) is 17.0 Å². The maximum absolute atomic E-state index is 13.6. The Morgan fingerprint density at radius 1 is 0.976 bits per heavy atom. The lowest BCUT2D eigenvalue weighted by Gasteiger charge is -2.50. The first kappa shape index (κ1) is 27.3. The zero-order valence-electron chi connectivity index (χ0n) is 21.5. The monoisotopic (exact) mass is 600 g/mol. The fourth-order valence-corrected chi connectivity index (χ4v) is 7.20. The number of hydrogen-bond acceptors (Lipinski definition) is 9. The standard InChI is InChI=1S/C30H24N4O4S3/c35-24(18-10-4-1-5-11-18)26(36)32-22-28(37)34-23(21(16-40-29(22)34)27-33-31-17-41-27)30(39)38-25(19-12-6-2-7-13-19)20-14-8-3-9-15-20/h1-15,17,22,24-25,29,35H,16H2,(H,32,36)/t22-,24+,29-/m1/s1. The Kier molecular flexibility index (Phi) is 7.93. The molecule has 11 heteroatoms. The van der Waals surface area contributed by atoms with Gasteiger partial charge in [0.2, 0.25) is 5.05 Å². The van der Waals surface area contributed by atoms with Gasteiger partial charge in [0.15, 0.2) is 6.10 Å². The van der Waals surface area contributed by atoms with E-state index in [-0.39, 0.29) is 11.0 Å². The summed E-state index contributed by atoms with van der Waals surface area (Å²) in [6.45, 7) is 0. The molecule has 4 aromatic rings. The summed E-state index contributed by atoms with van der Waals surface area (Å²) in [6, 6.07) is 27.3. The van der Waals surface area contributed by atoms with Crippen molar-refractivity contribution in [3.8, 4) is 0 Å². The SMILES string of the molecule is O=C(N[C@@H]1C(=O)N2C(C(=S)OC(c3ccccc3)c3ccccc3)=C(c3nncs3)CS[C@H]12)[C@@H](O)c1ccccc1. The third-order valence-electron chi connectivity index (χ3n) is 6.87. The van der Waals surface area contributed by atoms with Gasteiger partial charge in [0, 0.05) is 11.3 Å². The van der Waals surface area contributed by atoms with E-state index in [2.05, 4.69) is 15.5 Å². The molecule has 0 unspecified atom stereocenters. The average Bonchev–Trinajstić information content (AvgIpc) is 3.57. The number of nitrogens with zero attached hydrogens (tertiary/aromatic N) is 3. The van der Waals surface area contributed by atoms with Crippen LogP contribution >= 0.6 is 35.3 Å². The first-order chi connectivity index (χ1) is 20.0. The molecule has 1 saturated heterocycles. The second kappa shape index (κ2) is 11.9. The summed E-state index contributed by atoms with van der Waals surface area (Å²) in [5.41, 5.74) is 5.11. The molecule has 206 valence electrons. The number of rotatable bonds is 8. The number of carbonyl (C=O) groups excluding carboxylic acids is 2. The van der Waals surface area contributed by atoms with Crippen LogP contribution in [-0.4, -0.2) is 54.2 Å². The van der Waals surface area contributed by atoms with E-state index >= 15 is 0 Å². The normalized spacial score (nSPS) is 18.9. The van der Waals surface area contributed by atoms with Crippen molar-refractivity contribution in [3.05, 3.63) is 124 Å². The number of nitrogens with one attached hydrogen (secondary N) is 1. The van der Waals surface area contributed by atoms with Crippen molar-refractivity contribution in [2.24, 2.45) is 0 Å². The number of aliphatic hydroxyl groups is 1. The van der Waals surface area contributed by atoms with Gasteiger partial charge in [-0.25, -0.2) is 0 Å². The molecule has 2 aliphatic rings. The van der Waals surface area contributed by atoms with Crippen molar-refractivity contribution in [3.63, 3.8) is 0 Å². The molecule has 2 N–H and O–H groups in total. The van der Waals surface area contributed by atoms with Crippen LogP contribution in [-0.2, 0) is 14.3 Å². The molecule has 0 spiro atoms. The minimum absolute atomic E-state index is 0.153. The first-order valence-corrected chi connectivity index (χ1v) is 15.1. The van der Waals surface area contributed by atoms with E-state index in [1.54, 1.807) is 40.7 Å². The van der Waals surface area contributed by atoms with E-state index in [9.17, 15) is 14.7 Å². The maximum Gasteiger partial charge on any atom is 0.254 e. The molecular weight excluding hydrogens is 577 g/mol.